The van der Waals surface area contributed by atoms with Crippen LogP contribution in [0.5, 0.6) is 0 Å². The van der Waals surface area contributed by atoms with Crippen molar-refractivity contribution >= 4 is 15.7 Å². The number of nitrogens with zero attached hydrogens (tertiary/aromatic N) is 1. The second-order valence-corrected chi connectivity index (χ2v) is 5.71. The van der Waals surface area contributed by atoms with Crippen molar-refractivity contribution in [2.75, 3.05) is 18.0 Å². The quantitative estimate of drug-likeness (QED) is 0.852. The van der Waals surface area contributed by atoms with Gasteiger partial charge in [-0.1, -0.05) is 12.1 Å². The monoisotopic (exact) mass is 240 g/mol. The van der Waals surface area contributed by atoms with E-state index >= 15 is 0 Å². The van der Waals surface area contributed by atoms with Gasteiger partial charge in [-0.2, -0.15) is 0 Å². The Labute approximate surface area is 96.1 Å². The van der Waals surface area contributed by atoms with Gasteiger partial charge >= 0.3 is 0 Å². The molecule has 0 unspecified atom stereocenters. The molecule has 5 heteroatoms. The zero-order valence-electron chi connectivity index (χ0n) is 9.31. The zero-order chi connectivity index (χ0) is 11.8. The molecule has 0 atom stereocenters. The summed E-state index contributed by atoms with van der Waals surface area (Å²) in [5, 5.41) is 5.03. The van der Waals surface area contributed by atoms with Crippen LogP contribution in [0.2, 0.25) is 0 Å². The van der Waals surface area contributed by atoms with Gasteiger partial charge in [-0.15, -0.1) is 0 Å². The van der Waals surface area contributed by atoms with E-state index in [4.69, 9.17) is 5.14 Å². The number of anilines is 1. The van der Waals surface area contributed by atoms with Crippen molar-refractivity contribution in [2.45, 2.75) is 19.1 Å². The van der Waals surface area contributed by atoms with Crippen LogP contribution >= 0.6 is 0 Å². The lowest BCUT2D eigenvalue weighted by Gasteiger charge is -2.16. The number of rotatable bonds is 3. The summed E-state index contributed by atoms with van der Waals surface area (Å²) in [4.78, 5) is 2.29. The van der Waals surface area contributed by atoms with Crippen molar-refractivity contribution in [3.05, 3.63) is 29.3 Å². The Morgan fingerprint density at radius 2 is 2.19 bits per heavy atom. The van der Waals surface area contributed by atoms with Gasteiger partial charge in [0, 0.05) is 18.8 Å². The third kappa shape index (κ3) is 2.36. The minimum absolute atomic E-state index is 0.0770. The Balaban J connectivity index is 2.28. The van der Waals surface area contributed by atoms with E-state index in [9.17, 15) is 8.42 Å². The maximum Gasteiger partial charge on any atom is 0.213 e. The van der Waals surface area contributed by atoms with Crippen molar-refractivity contribution in [3.63, 3.8) is 0 Å². The summed E-state index contributed by atoms with van der Waals surface area (Å²) in [6.45, 7) is 4.12. The molecule has 1 aliphatic rings. The minimum atomic E-state index is -3.43. The molecule has 0 saturated heterocycles. The van der Waals surface area contributed by atoms with Crippen LogP contribution in [0.3, 0.4) is 0 Å². The van der Waals surface area contributed by atoms with Crippen LogP contribution in [0, 0.1) is 0 Å². The predicted molar refractivity (Wildman–Crippen MR) is 64.8 cm³/mol. The average Bonchev–Trinajstić information content (AvgIpc) is 2.57. The molecule has 0 amide bonds. The fraction of sp³-hybridized carbons (Fsp3) is 0.455. The highest BCUT2D eigenvalue weighted by molar-refractivity contribution is 7.88. The lowest BCUT2D eigenvalue weighted by atomic mass is 10.1. The smallest absolute Gasteiger partial charge is 0.213 e. The van der Waals surface area contributed by atoms with E-state index in [1.54, 1.807) is 0 Å². The Bertz CT molecular complexity index is 497. The van der Waals surface area contributed by atoms with Crippen LogP contribution < -0.4 is 10.0 Å². The molecule has 1 heterocycles. The Hall–Kier alpha value is -1.07. The van der Waals surface area contributed by atoms with E-state index in [-0.39, 0.29) is 5.75 Å². The minimum Gasteiger partial charge on any atom is -0.371 e. The Morgan fingerprint density at radius 3 is 2.81 bits per heavy atom. The number of likely N-dealkylation sites (N-methyl/N-ethyl adjacent to an activating group) is 1. The van der Waals surface area contributed by atoms with Gasteiger partial charge < -0.3 is 4.90 Å². The third-order valence-electron chi connectivity index (χ3n) is 2.89. The summed E-state index contributed by atoms with van der Waals surface area (Å²) >= 11 is 0. The first kappa shape index (κ1) is 11.4. The third-order valence-corrected chi connectivity index (χ3v) is 3.62. The molecule has 2 rings (SSSR count). The van der Waals surface area contributed by atoms with Crippen LogP contribution in [0.25, 0.3) is 0 Å². The van der Waals surface area contributed by atoms with E-state index in [0.717, 1.165) is 25.1 Å². The Kier molecular flexibility index (Phi) is 2.90. The standard InChI is InChI=1S/C11H16N2O2S/c1-2-13-6-5-10-7-9(3-4-11(10)13)8-16(12,14)15/h3-4,7H,2,5-6,8H2,1H3,(H2,12,14,15). The van der Waals surface area contributed by atoms with Gasteiger partial charge in [0.25, 0.3) is 0 Å². The number of hydrogen-bond acceptors (Lipinski definition) is 3. The summed E-state index contributed by atoms with van der Waals surface area (Å²) < 4.78 is 22.0. The first-order valence-corrected chi connectivity index (χ1v) is 7.08. The van der Waals surface area contributed by atoms with Crippen molar-refractivity contribution < 1.29 is 8.42 Å². The molecular formula is C11H16N2O2S. The number of fused-ring (bicyclic) bond motifs is 1. The lowest BCUT2D eigenvalue weighted by molar-refractivity contribution is 0.597. The van der Waals surface area contributed by atoms with Gasteiger partial charge in [0.05, 0.1) is 5.75 Å². The van der Waals surface area contributed by atoms with Gasteiger partial charge in [-0.05, 0) is 30.5 Å². The van der Waals surface area contributed by atoms with Crippen molar-refractivity contribution in [1.82, 2.24) is 0 Å². The first-order valence-electron chi connectivity index (χ1n) is 5.37. The topological polar surface area (TPSA) is 63.4 Å². The summed E-state index contributed by atoms with van der Waals surface area (Å²) in [5.74, 6) is -0.0770. The van der Waals surface area contributed by atoms with E-state index in [2.05, 4.69) is 11.8 Å². The first-order chi connectivity index (χ1) is 7.49. The summed E-state index contributed by atoms with van der Waals surface area (Å²) in [6.07, 6.45) is 0.988. The molecule has 4 nitrogen and oxygen atoms in total. The molecular weight excluding hydrogens is 224 g/mol. The second kappa shape index (κ2) is 4.07. The fourth-order valence-electron chi connectivity index (χ4n) is 2.17. The van der Waals surface area contributed by atoms with E-state index in [1.807, 2.05) is 18.2 Å². The largest absolute Gasteiger partial charge is 0.371 e. The number of sulfonamides is 1. The molecule has 1 aromatic carbocycles. The van der Waals surface area contributed by atoms with Crippen LogP contribution in [-0.2, 0) is 22.2 Å². The fourth-order valence-corrected chi connectivity index (χ4v) is 2.82. The van der Waals surface area contributed by atoms with Gasteiger partial charge in [-0.25, -0.2) is 13.6 Å². The van der Waals surface area contributed by atoms with Crippen molar-refractivity contribution in [1.29, 1.82) is 0 Å². The summed E-state index contributed by atoms with van der Waals surface area (Å²) in [6, 6.07) is 5.79. The number of primary sulfonamides is 1. The highest BCUT2D eigenvalue weighted by Crippen LogP contribution is 2.28. The molecule has 0 spiro atoms. The molecule has 88 valence electrons. The van der Waals surface area contributed by atoms with Crippen LogP contribution in [0.4, 0.5) is 5.69 Å². The van der Waals surface area contributed by atoms with Gasteiger partial charge in [0.1, 0.15) is 0 Å². The maximum atomic E-state index is 11.0. The summed E-state index contributed by atoms with van der Waals surface area (Å²) in [7, 11) is -3.43. The molecule has 16 heavy (non-hydrogen) atoms. The molecule has 0 aliphatic carbocycles. The normalized spacial score (nSPS) is 15.2. The molecule has 0 fully saturated rings. The second-order valence-electron chi connectivity index (χ2n) is 4.10. The molecule has 1 aliphatic heterocycles. The number of hydrogen-bond donors (Lipinski definition) is 1. The summed E-state index contributed by atoms with van der Waals surface area (Å²) in [5.41, 5.74) is 3.22. The molecule has 0 aromatic heterocycles. The van der Waals surface area contributed by atoms with E-state index < -0.39 is 10.0 Å². The van der Waals surface area contributed by atoms with Crippen molar-refractivity contribution in [3.8, 4) is 0 Å². The van der Waals surface area contributed by atoms with Crippen LogP contribution in [0.1, 0.15) is 18.1 Å². The van der Waals surface area contributed by atoms with Gasteiger partial charge in [-0.3, -0.25) is 0 Å². The molecule has 0 saturated carbocycles. The Morgan fingerprint density at radius 1 is 1.44 bits per heavy atom. The predicted octanol–water partition coefficient (Wildman–Crippen LogP) is 0.858. The maximum absolute atomic E-state index is 11.0. The zero-order valence-corrected chi connectivity index (χ0v) is 10.1. The number of benzene rings is 1. The average molecular weight is 240 g/mol. The van der Waals surface area contributed by atoms with Crippen LogP contribution in [-0.4, -0.2) is 21.5 Å². The van der Waals surface area contributed by atoms with E-state index in [1.165, 1.54) is 11.3 Å². The highest BCUT2D eigenvalue weighted by Gasteiger charge is 2.18. The lowest BCUT2D eigenvalue weighted by Crippen LogP contribution is -2.19. The van der Waals surface area contributed by atoms with Crippen LogP contribution in [0.15, 0.2) is 18.2 Å². The molecule has 1 aromatic rings. The molecule has 0 radical (unpaired) electrons. The van der Waals surface area contributed by atoms with Gasteiger partial charge in [0.15, 0.2) is 0 Å². The molecule has 2 N–H and O–H groups in total. The van der Waals surface area contributed by atoms with Crippen molar-refractivity contribution in [2.24, 2.45) is 5.14 Å². The highest BCUT2D eigenvalue weighted by atomic mass is 32.2. The van der Waals surface area contributed by atoms with Gasteiger partial charge in [0.2, 0.25) is 10.0 Å². The SMILES string of the molecule is CCN1CCc2cc(CS(N)(=O)=O)ccc21. The number of nitrogens with two attached hydrogens (primary N) is 1. The van der Waals surface area contributed by atoms with E-state index in [0.29, 0.717) is 0 Å². The molecule has 0 bridgehead atoms.